The van der Waals surface area contributed by atoms with Crippen LogP contribution in [0.2, 0.25) is 0 Å². The molecular weight excluding hydrogens is 366 g/mol. The zero-order valence-corrected chi connectivity index (χ0v) is 15.7. The first-order chi connectivity index (χ1) is 14.3. The molecule has 7 heteroatoms. The lowest BCUT2D eigenvalue weighted by Crippen LogP contribution is -2.15. The average Bonchev–Trinajstić information content (AvgIpc) is 3.33. The standard InChI is InChI=1S/C22H19N5O2/c28-22(29-15-16-4-2-1-3-5-16)24-20-13-21-26(10-11-27(21)25-20)19-7-6-18-14-23-9-8-17(18)12-19/h1-9,12-14H,10-11,15H2,(H,24,25,28). The van der Waals surface area contributed by atoms with Crippen LogP contribution < -0.4 is 10.2 Å². The van der Waals surface area contributed by atoms with Gasteiger partial charge in [-0.05, 0) is 29.1 Å². The monoisotopic (exact) mass is 385 g/mol. The molecule has 0 bridgehead atoms. The van der Waals surface area contributed by atoms with Crippen molar-refractivity contribution < 1.29 is 9.53 Å². The van der Waals surface area contributed by atoms with E-state index in [0.29, 0.717) is 5.82 Å². The molecule has 0 aliphatic carbocycles. The Kier molecular flexibility index (Phi) is 4.32. The highest BCUT2D eigenvalue weighted by Gasteiger charge is 2.23. The number of fused-ring (bicyclic) bond motifs is 2. The van der Waals surface area contributed by atoms with E-state index < -0.39 is 6.09 Å². The van der Waals surface area contributed by atoms with Gasteiger partial charge in [0.2, 0.25) is 0 Å². The summed E-state index contributed by atoms with van der Waals surface area (Å²) >= 11 is 0. The van der Waals surface area contributed by atoms with Crippen molar-refractivity contribution in [1.82, 2.24) is 14.8 Å². The summed E-state index contributed by atoms with van der Waals surface area (Å²) in [6, 6.07) is 19.7. The molecule has 0 spiro atoms. The Morgan fingerprint density at radius 3 is 2.83 bits per heavy atom. The maximum Gasteiger partial charge on any atom is 0.413 e. The Morgan fingerprint density at radius 1 is 1.03 bits per heavy atom. The summed E-state index contributed by atoms with van der Waals surface area (Å²) in [6.45, 7) is 1.81. The Bertz CT molecular complexity index is 1170. The van der Waals surface area contributed by atoms with Crippen LogP contribution in [0.5, 0.6) is 0 Å². The molecule has 7 nitrogen and oxygen atoms in total. The van der Waals surface area contributed by atoms with Crippen LogP contribution in [0.4, 0.5) is 22.1 Å². The number of carbonyl (C=O) groups is 1. The Labute approximate surface area is 167 Å². The fourth-order valence-corrected chi connectivity index (χ4v) is 3.52. The van der Waals surface area contributed by atoms with Crippen LogP contribution in [0.25, 0.3) is 10.8 Å². The first kappa shape index (κ1) is 17.2. The molecule has 1 aliphatic heterocycles. The first-order valence-corrected chi connectivity index (χ1v) is 9.43. The number of carbonyl (C=O) groups excluding carboxylic acids is 1. The molecule has 1 N–H and O–H groups in total. The highest BCUT2D eigenvalue weighted by molar-refractivity contribution is 5.87. The molecule has 0 saturated carbocycles. The third-order valence-corrected chi connectivity index (χ3v) is 4.95. The van der Waals surface area contributed by atoms with Gasteiger partial charge in [-0.15, -0.1) is 0 Å². The van der Waals surface area contributed by atoms with Gasteiger partial charge in [0, 0.05) is 36.1 Å². The molecule has 0 radical (unpaired) electrons. The molecule has 144 valence electrons. The number of nitrogens with one attached hydrogen (secondary N) is 1. The second-order valence-corrected chi connectivity index (χ2v) is 6.86. The molecule has 1 amide bonds. The Balaban J connectivity index is 1.30. The predicted octanol–water partition coefficient (Wildman–Crippen LogP) is 4.33. The highest BCUT2D eigenvalue weighted by Crippen LogP contribution is 2.33. The van der Waals surface area contributed by atoms with Crippen molar-refractivity contribution in [3.63, 3.8) is 0 Å². The van der Waals surface area contributed by atoms with Crippen molar-refractivity contribution in [2.45, 2.75) is 13.2 Å². The number of aromatic nitrogens is 3. The fraction of sp³-hybridized carbons (Fsp3) is 0.136. The van der Waals surface area contributed by atoms with Gasteiger partial charge in [0.15, 0.2) is 5.82 Å². The van der Waals surface area contributed by atoms with E-state index in [9.17, 15) is 4.79 Å². The van der Waals surface area contributed by atoms with E-state index in [1.165, 1.54) is 0 Å². The van der Waals surface area contributed by atoms with Crippen LogP contribution >= 0.6 is 0 Å². The van der Waals surface area contributed by atoms with Gasteiger partial charge in [0.05, 0.1) is 6.54 Å². The molecule has 0 fully saturated rings. The summed E-state index contributed by atoms with van der Waals surface area (Å²) in [5.41, 5.74) is 2.02. The molecule has 0 atom stereocenters. The summed E-state index contributed by atoms with van der Waals surface area (Å²) in [5, 5.41) is 9.43. The van der Waals surface area contributed by atoms with E-state index in [2.05, 4.69) is 38.5 Å². The van der Waals surface area contributed by atoms with Gasteiger partial charge in [0.1, 0.15) is 12.4 Å². The number of rotatable bonds is 4. The second kappa shape index (κ2) is 7.27. The minimum absolute atomic E-state index is 0.221. The number of hydrogen-bond donors (Lipinski definition) is 1. The van der Waals surface area contributed by atoms with Crippen molar-refractivity contribution in [3.05, 3.63) is 78.6 Å². The zero-order chi connectivity index (χ0) is 19.6. The quantitative estimate of drug-likeness (QED) is 0.566. The number of hydrogen-bond acceptors (Lipinski definition) is 5. The normalized spacial score (nSPS) is 12.8. The van der Waals surface area contributed by atoms with Crippen LogP contribution in [-0.4, -0.2) is 27.4 Å². The number of ether oxygens (including phenoxy) is 1. The van der Waals surface area contributed by atoms with E-state index in [4.69, 9.17) is 4.74 Å². The lowest BCUT2D eigenvalue weighted by molar-refractivity contribution is 0.155. The number of pyridine rings is 1. The van der Waals surface area contributed by atoms with E-state index in [0.717, 1.165) is 40.9 Å². The molecular formula is C22H19N5O2. The van der Waals surface area contributed by atoms with Gasteiger partial charge in [-0.2, -0.15) is 5.10 Å². The van der Waals surface area contributed by atoms with Crippen LogP contribution in [0.15, 0.2) is 73.1 Å². The van der Waals surface area contributed by atoms with Crippen molar-refractivity contribution in [1.29, 1.82) is 0 Å². The molecule has 0 unspecified atom stereocenters. The molecule has 0 saturated heterocycles. The molecule has 3 heterocycles. The Hall–Kier alpha value is -3.87. The average molecular weight is 385 g/mol. The van der Waals surface area contributed by atoms with Gasteiger partial charge >= 0.3 is 6.09 Å². The zero-order valence-electron chi connectivity index (χ0n) is 15.7. The molecule has 2 aromatic carbocycles. The van der Waals surface area contributed by atoms with Crippen molar-refractivity contribution in [2.75, 3.05) is 16.8 Å². The van der Waals surface area contributed by atoms with E-state index in [1.54, 1.807) is 6.20 Å². The SMILES string of the molecule is O=C(Nc1cc2n(n1)CCN2c1ccc2cnccc2c1)OCc1ccccc1. The van der Waals surface area contributed by atoms with Crippen molar-refractivity contribution in [3.8, 4) is 0 Å². The van der Waals surface area contributed by atoms with Gasteiger partial charge < -0.3 is 9.64 Å². The number of anilines is 3. The molecule has 29 heavy (non-hydrogen) atoms. The van der Waals surface area contributed by atoms with Crippen LogP contribution in [0.1, 0.15) is 5.56 Å². The van der Waals surface area contributed by atoms with E-state index >= 15 is 0 Å². The summed E-state index contributed by atoms with van der Waals surface area (Å²) in [6.07, 6.45) is 3.13. The number of nitrogens with zero attached hydrogens (tertiary/aromatic N) is 4. The van der Waals surface area contributed by atoms with Crippen molar-refractivity contribution >= 4 is 34.2 Å². The molecule has 5 rings (SSSR count). The topological polar surface area (TPSA) is 72.3 Å². The minimum Gasteiger partial charge on any atom is -0.444 e. The summed E-state index contributed by atoms with van der Waals surface area (Å²) in [7, 11) is 0. The third kappa shape index (κ3) is 3.50. The second-order valence-electron chi connectivity index (χ2n) is 6.86. The van der Waals surface area contributed by atoms with Crippen molar-refractivity contribution in [2.24, 2.45) is 0 Å². The molecule has 2 aromatic heterocycles. The van der Waals surface area contributed by atoms with Crippen LogP contribution in [-0.2, 0) is 17.9 Å². The largest absolute Gasteiger partial charge is 0.444 e. The van der Waals surface area contributed by atoms with Crippen LogP contribution in [0.3, 0.4) is 0 Å². The first-order valence-electron chi connectivity index (χ1n) is 9.43. The Morgan fingerprint density at radius 2 is 1.93 bits per heavy atom. The van der Waals surface area contributed by atoms with Gasteiger partial charge in [-0.1, -0.05) is 36.4 Å². The van der Waals surface area contributed by atoms with Gasteiger partial charge in [0.25, 0.3) is 0 Å². The van der Waals surface area contributed by atoms with E-state index in [-0.39, 0.29) is 6.61 Å². The summed E-state index contributed by atoms with van der Waals surface area (Å²) in [4.78, 5) is 18.5. The van der Waals surface area contributed by atoms with Gasteiger partial charge in [-0.3, -0.25) is 10.3 Å². The number of benzene rings is 2. The lowest BCUT2D eigenvalue weighted by atomic mass is 10.1. The summed E-state index contributed by atoms with van der Waals surface area (Å²) in [5.74, 6) is 1.42. The maximum absolute atomic E-state index is 12.1. The van der Waals surface area contributed by atoms with E-state index in [1.807, 2.05) is 53.3 Å². The lowest BCUT2D eigenvalue weighted by Gasteiger charge is -2.17. The third-order valence-electron chi connectivity index (χ3n) is 4.95. The molecule has 1 aliphatic rings. The summed E-state index contributed by atoms with van der Waals surface area (Å²) < 4.78 is 7.17. The minimum atomic E-state index is -0.518. The predicted molar refractivity (Wildman–Crippen MR) is 111 cm³/mol. The highest BCUT2D eigenvalue weighted by atomic mass is 16.5. The van der Waals surface area contributed by atoms with Gasteiger partial charge in [-0.25, -0.2) is 9.48 Å². The fourth-order valence-electron chi connectivity index (χ4n) is 3.52. The number of amides is 1. The van der Waals surface area contributed by atoms with Crippen LogP contribution in [0, 0.1) is 0 Å². The maximum atomic E-state index is 12.1. The smallest absolute Gasteiger partial charge is 0.413 e. The molecule has 4 aromatic rings.